The van der Waals surface area contributed by atoms with Crippen molar-refractivity contribution in [2.45, 2.75) is 58.0 Å². The molecule has 1 N–H and O–H groups in total. The number of hydrogen-bond acceptors (Lipinski definition) is 2. The lowest BCUT2D eigenvalue weighted by Crippen LogP contribution is -2.33. The van der Waals surface area contributed by atoms with Gasteiger partial charge in [-0.2, -0.15) is 0 Å². The van der Waals surface area contributed by atoms with Crippen LogP contribution in [0.15, 0.2) is 24.3 Å². The van der Waals surface area contributed by atoms with Crippen LogP contribution >= 0.6 is 0 Å². The molecule has 0 spiro atoms. The van der Waals surface area contributed by atoms with E-state index in [1.54, 1.807) is 18.2 Å². The third-order valence-electron chi connectivity index (χ3n) is 4.20. The zero-order valence-corrected chi connectivity index (χ0v) is 12.2. The minimum atomic E-state index is -4.64. The van der Waals surface area contributed by atoms with Crippen LogP contribution in [-0.4, -0.2) is 12.4 Å². The zero-order valence-electron chi connectivity index (χ0n) is 12.2. The number of alkyl halides is 3. The molecule has 0 atom stereocenters. The summed E-state index contributed by atoms with van der Waals surface area (Å²) < 4.78 is 41.1. The first kappa shape index (κ1) is 16.1. The van der Waals surface area contributed by atoms with Crippen molar-refractivity contribution in [1.29, 1.82) is 0 Å². The van der Waals surface area contributed by atoms with Crippen LogP contribution in [0.1, 0.15) is 44.6 Å². The second kappa shape index (κ2) is 7.16. The fraction of sp³-hybridized carbons (Fsp3) is 0.625. The van der Waals surface area contributed by atoms with E-state index in [2.05, 4.69) is 17.0 Å². The van der Waals surface area contributed by atoms with Crippen LogP contribution in [0.5, 0.6) is 5.75 Å². The van der Waals surface area contributed by atoms with E-state index >= 15 is 0 Å². The van der Waals surface area contributed by atoms with Crippen LogP contribution in [-0.2, 0) is 6.54 Å². The maximum absolute atomic E-state index is 12.4. The van der Waals surface area contributed by atoms with Crippen LogP contribution in [0.25, 0.3) is 0 Å². The Labute approximate surface area is 123 Å². The van der Waals surface area contributed by atoms with Gasteiger partial charge in [-0.05, 0) is 37.7 Å². The maximum atomic E-state index is 12.4. The van der Waals surface area contributed by atoms with Crippen molar-refractivity contribution in [1.82, 2.24) is 5.32 Å². The summed E-state index contributed by atoms with van der Waals surface area (Å²) in [5, 5.41) is 3.36. The number of nitrogens with one attached hydrogen (secondary N) is 1. The second-order valence-electron chi connectivity index (χ2n) is 5.66. The van der Waals surface area contributed by atoms with Crippen molar-refractivity contribution in [2.24, 2.45) is 5.92 Å². The first-order chi connectivity index (χ1) is 9.98. The van der Waals surface area contributed by atoms with Gasteiger partial charge in [0.2, 0.25) is 0 Å². The van der Waals surface area contributed by atoms with Gasteiger partial charge >= 0.3 is 6.36 Å². The van der Waals surface area contributed by atoms with Crippen molar-refractivity contribution in [3.8, 4) is 5.75 Å². The van der Waals surface area contributed by atoms with Crippen molar-refractivity contribution in [3.05, 3.63) is 29.8 Å². The van der Waals surface area contributed by atoms with Gasteiger partial charge in [-0.3, -0.25) is 0 Å². The Bertz CT molecular complexity index is 439. The molecule has 0 heterocycles. The van der Waals surface area contributed by atoms with E-state index in [0.29, 0.717) is 18.2 Å². The molecule has 0 amide bonds. The molecule has 0 bridgehead atoms. The van der Waals surface area contributed by atoms with Crippen molar-refractivity contribution in [3.63, 3.8) is 0 Å². The molecule has 1 aromatic rings. The third kappa shape index (κ3) is 5.23. The molecule has 1 aliphatic rings. The summed E-state index contributed by atoms with van der Waals surface area (Å²) in [6.07, 6.45) is 1.18. The lowest BCUT2D eigenvalue weighted by atomic mass is 9.84. The van der Waals surface area contributed by atoms with E-state index in [0.717, 1.165) is 18.8 Å². The fourth-order valence-electron chi connectivity index (χ4n) is 2.90. The molecule has 118 valence electrons. The average molecular weight is 301 g/mol. The molecule has 21 heavy (non-hydrogen) atoms. The maximum Gasteiger partial charge on any atom is 0.573 e. The molecule has 2 rings (SSSR count). The molecule has 0 saturated heterocycles. The highest BCUT2D eigenvalue weighted by molar-refractivity contribution is 5.33. The monoisotopic (exact) mass is 301 g/mol. The van der Waals surface area contributed by atoms with Gasteiger partial charge in [-0.25, -0.2) is 0 Å². The van der Waals surface area contributed by atoms with Gasteiger partial charge in [0.1, 0.15) is 5.75 Å². The quantitative estimate of drug-likeness (QED) is 0.855. The van der Waals surface area contributed by atoms with Crippen LogP contribution in [0.4, 0.5) is 13.2 Å². The Morgan fingerprint density at radius 1 is 1.14 bits per heavy atom. The van der Waals surface area contributed by atoms with Crippen LogP contribution < -0.4 is 10.1 Å². The first-order valence-electron chi connectivity index (χ1n) is 7.55. The van der Waals surface area contributed by atoms with Gasteiger partial charge in [0.05, 0.1) is 0 Å². The number of hydrogen-bond donors (Lipinski definition) is 1. The number of halogens is 3. The Hall–Kier alpha value is -1.23. The summed E-state index contributed by atoms with van der Waals surface area (Å²) in [4.78, 5) is 0. The molecule has 1 fully saturated rings. The van der Waals surface area contributed by atoms with Crippen LogP contribution in [0.2, 0.25) is 0 Å². The van der Waals surface area contributed by atoms with Crippen molar-refractivity contribution >= 4 is 0 Å². The zero-order chi connectivity index (χ0) is 15.3. The molecule has 0 radical (unpaired) electrons. The fourth-order valence-corrected chi connectivity index (χ4v) is 2.90. The van der Waals surface area contributed by atoms with Gasteiger partial charge in [-0.15, -0.1) is 13.2 Å². The topological polar surface area (TPSA) is 21.3 Å². The second-order valence-corrected chi connectivity index (χ2v) is 5.66. The molecule has 0 aromatic heterocycles. The Balaban J connectivity index is 1.89. The number of ether oxygens (including phenoxy) is 1. The minimum absolute atomic E-state index is 0.111. The smallest absolute Gasteiger partial charge is 0.405 e. The lowest BCUT2D eigenvalue weighted by molar-refractivity contribution is -0.274. The molecule has 1 saturated carbocycles. The standard InChI is InChI=1S/C16H22F3NO/c1-2-12-7-9-14(10-8-12)20-11-13-5-3-4-6-15(13)21-16(17,18)19/h3-6,12,14,20H,2,7-11H2,1H3. The van der Waals surface area contributed by atoms with Gasteiger partial charge < -0.3 is 10.1 Å². The van der Waals surface area contributed by atoms with Crippen LogP contribution in [0.3, 0.4) is 0 Å². The Morgan fingerprint density at radius 3 is 2.43 bits per heavy atom. The summed E-state index contributed by atoms with van der Waals surface area (Å²) in [6, 6.07) is 6.71. The predicted molar refractivity (Wildman–Crippen MR) is 76.0 cm³/mol. The van der Waals surface area contributed by atoms with Crippen molar-refractivity contribution < 1.29 is 17.9 Å². The molecule has 2 nitrogen and oxygen atoms in total. The molecule has 5 heteroatoms. The molecule has 0 unspecified atom stereocenters. The summed E-state index contributed by atoms with van der Waals surface area (Å²) >= 11 is 0. The molecule has 0 aliphatic heterocycles. The minimum Gasteiger partial charge on any atom is -0.405 e. The summed E-state index contributed by atoms with van der Waals surface area (Å²) in [5.41, 5.74) is 0.549. The average Bonchev–Trinajstić information content (AvgIpc) is 2.45. The van der Waals surface area contributed by atoms with E-state index in [1.807, 2.05) is 0 Å². The SMILES string of the molecule is CCC1CCC(NCc2ccccc2OC(F)(F)F)CC1. The van der Waals surface area contributed by atoms with Gasteiger partial charge in [-0.1, -0.05) is 31.5 Å². The predicted octanol–water partition coefficient (Wildman–Crippen LogP) is 4.64. The Morgan fingerprint density at radius 2 is 1.81 bits per heavy atom. The number of rotatable bonds is 5. The van der Waals surface area contributed by atoms with Crippen LogP contribution in [0, 0.1) is 5.92 Å². The highest BCUT2D eigenvalue weighted by atomic mass is 19.4. The number of para-hydroxylation sites is 1. The highest BCUT2D eigenvalue weighted by Crippen LogP contribution is 2.28. The number of benzene rings is 1. The molecular formula is C16H22F3NO. The highest BCUT2D eigenvalue weighted by Gasteiger charge is 2.32. The molecule has 1 aromatic carbocycles. The normalized spacial score (nSPS) is 23.0. The van der Waals surface area contributed by atoms with E-state index < -0.39 is 6.36 Å². The van der Waals surface area contributed by atoms with E-state index in [4.69, 9.17) is 0 Å². The first-order valence-corrected chi connectivity index (χ1v) is 7.55. The Kier molecular flexibility index (Phi) is 5.51. The summed E-state index contributed by atoms with van der Waals surface area (Å²) in [7, 11) is 0. The lowest BCUT2D eigenvalue weighted by Gasteiger charge is -2.28. The van der Waals surface area contributed by atoms with Gasteiger partial charge in [0.25, 0.3) is 0 Å². The largest absolute Gasteiger partial charge is 0.573 e. The van der Waals surface area contributed by atoms with E-state index in [1.165, 1.54) is 25.3 Å². The third-order valence-corrected chi connectivity index (χ3v) is 4.20. The van der Waals surface area contributed by atoms with Gasteiger partial charge in [0, 0.05) is 18.2 Å². The summed E-state index contributed by atoms with van der Waals surface area (Å²) in [5.74, 6) is 0.698. The summed E-state index contributed by atoms with van der Waals surface area (Å²) in [6.45, 7) is 2.62. The van der Waals surface area contributed by atoms with Crippen molar-refractivity contribution in [2.75, 3.05) is 0 Å². The van der Waals surface area contributed by atoms with E-state index in [9.17, 15) is 13.2 Å². The molecule has 1 aliphatic carbocycles. The molecular weight excluding hydrogens is 279 g/mol. The van der Waals surface area contributed by atoms with Gasteiger partial charge in [0.15, 0.2) is 0 Å². The van der Waals surface area contributed by atoms with E-state index in [-0.39, 0.29) is 5.75 Å².